The highest BCUT2D eigenvalue weighted by atomic mass is 15.0. The van der Waals surface area contributed by atoms with Crippen molar-refractivity contribution in [2.45, 2.75) is 0 Å². The predicted molar refractivity (Wildman–Crippen MR) is 151 cm³/mol. The summed E-state index contributed by atoms with van der Waals surface area (Å²) in [6, 6.07) is 38.1. The molecule has 0 amide bonds. The zero-order valence-corrected chi connectivity index (χ0v) is 19.4. The van der Waals surface area contributed by atoms with Crippen LogP contribution in [0.1, 0.15) is 11.1 Å². The van der Waals surface area contributed by atoms with E-state index >= 15 is 0 Å². The lowest BCUT2D eigenvalue weighted by Gasteiger charge is -2.11. The van der Waals surface area contributed by atoms with Crippen LogP contribution in [0.5, 0.6) is 0 Å². The Morgan fingerprint density at radius 1 is 0.444 bits per heavy atom. The molecule has 0 bridgehead atoms. The highest BCUT2D eigenvalue weighted by molar-refractivity contribution is 6.28. The Morgan fingerprint density at radius 3 is 1.56 bits per heavy atom. The van der Waals surface area contributed by atoms with E-state index in [1.165, 1.54) is 45.0 Å². The molecular weight excluding hydrogens is 440 g/mol. The van der Waals surface area contributed by atoms with Gasteiger partial charge in [-0.05, 0) is 48.5 Å². The second-order valence-corrected chi connectivity index (χ2v) is 9.00. The minimum absolute atomic E-state index is 0.732. The Kier molecular flexibility index (Phi) is 4.42. The second kappa shape index (κ2) is 7.79. The Bertz CT molecular complexity index is 1970. The van der Waals surface area contributed by atoms with E-state index < -0.39 is 0 Å². The summed E-state index contributed by atoms with van der Waals surface area (Å²) in [7, 11) is 0. The molecule has 0 atom stereocenters. The fourth-order valence-corrected chi connectivity index (χ4v) is 5.61. The minimum Gasteiger partial charge on any atom is -0.309 e. The molecule has 0 aliphatic carbocycles. The third kappa shape index (κ3) is 2.75. The monoisotopic (exact) mass is 462 g/mol. The maximum Gasteiger partial charge on any atom is 0.0548 e. The Labute approximate surface area is 207 Å². The van der Waals surface area contributed by atoms with E-state index in [1.807, 2.05) is 18.2 Å². The maximum atomic E-state index is 7.88. The first kappa shape index (κ1) is 20.4. The number of fused-ring (bicyclic) bond motifs is 7. The number of aromatic nitrogens is 2. The summed E-state index contributed by atoms with van der Waals surface area (Å²) in [6.45, 7) is 0. The molecule has 0 fully saturated rings. The van der Waals surface area contributed by atoms with E-state index in [2.05, 4.69) is 100 Å². The molecule has 4 nitrogen and oxygen atoms in total. The average molecular weight is 463 g/mol. The number of rotatable bonds is 4. The molecule has 0 unspecified atom stereocenters. The van der Waals surface area contributed by atoms with Crippen LogP contribution in [0.25, 0.3) is 55.0 Å². The lowest BCUT2D eigenvalue weighted by molar-refractivity contribution is 1.17. The first-order valence-electron chi connectivity index (χ1n) is 12.0. The molecule has 0 radical (unpaired) electrons. The van der Waals surface area contributed by atoms with E-state index in [9.17, 15) is 0 Å². The second-order valence-electron chi connectivity index (χ2n) is 9.00. The lowest BCUT2D eigenvalue weighted by Crippen LogP contribution is -1.98. The number of hydrogen-bond donors (Lipinski definition) is 2. The molecule has 5 aromatic carbocycles. The van der Waals surface area contributed by atoms with Gasteiger partial charge in [-0.2, -0.15) is 0 Å². The summed E-state index contributed by atoms with van der Waals surface area (Å²) in [5.41, 5.74) is 8.20. The summed E-state index contributed by atoms with van der Waals surface area (Å²) in [6.07, 6.45) is 2.63. The SMILES string of the molecule is N=Cc1ccc(-n2c3ccccc3c3c4c5ccccc5n(-c5ccccc5)c4ccc32)cc1C=N. The first-order chi connectivity index (χ1) is 17.8. The van der Waals surface area contributed by atoms with E-state index in [0.29, 0.717) is 0 Å². The molecule has 7 aromatic rings. The number of nitrogens with zero attached hydrogens (tertiary/aromatic N) is 2. The summed E-state index contributed by atoms with van der Waals surface area (Å²) in [5.74, 6) is 0. The van der Waals surface area contributed by atoms with Gasteiger partial charge in [0.25, 0.3) is 0 Å². The molecule has 2 N–H and O–H groups in total. The van der Waals surface area contributed by atoms with E-state index in [4.69, 9.17) is 10.8 Å². The Hall–Kier alpha value is -4.96. The van der Waals surface area contributed by atoms with Gasteiger partial charge in [-0.1, -0.05) is 60.7 Å². The van der Waals surface area contributed by atoms with Gasteiger partial charge in [-0.3, -0.25) is 0 Å². The standard InChI is InChI=1S/C32H22N4/c33-19-21-14-15-24(18-22(21)20-34)36-28-13-7-5-11-26(28)32-30(36)17-16-29-31(32)25-10-4-6-12-27(25)35(29)23-8-2-1-3-9-23/h1-20,33-34H. The van der Waals surface area contributed by atoms with Crippen LogP contribution in [0.3, 0.4) is 0 Å². The van der Waals surface area contributed by atoms with Gasteiger partial charge in [-0.25, -0.2) is 0 Å². The molecule has 7 rings (SSSR count). The van der Waals surface area contributed by atoms with Crippen LogP contribution in [0.2, 0.25) is 0 Å². The number of para-hydroxylation sites is 3. The van der Waals surface area contributed by atoms with Crippen LogP contribution in [0.4, 0.5) is 0 Å². The van der Waals surface area contributed by atoms with Crippen LogP contribution in [0.15, 0.2) is 109 Å². The van der Waals surface area contributed by atoms with Gasteiger partial charge in [0.1, 0.15) is 0 Å². The normalized spacial score (nSPS) is 11.6. The zero-order chi connectivity index (χ0) is 24.2. The number of hydrogen-bond acceptors (Lipinski definition) is 2. The fraction of sp³-hybridized carbons (Fsp3) is 0. The third-order valence-corrected chi connectivity index (χ3v) is 7.13. The van der Waals surface area contributed by atoms with Crippen molar-refractivity contribution in [1.29, 1.82) is 10.8 Å². The highest BCUT2D eigenvalue weighted by Gasteiger charge is 2.20. The van der Waals surface area contributed by atoms with E-state index in [-0.39, 0.29) is 0 Å². The van der Waals surface area contributed by atoms with Crippen molar-refractivity contribution < 1.29 is 0 Å². The van der Waals surface area contributed by atoms with Crippen LogP contribution in [-0.4, -0.2) is 21.6 Å². The maximum absolute atomic E-state index is 7.88. The van der Waals surface area contributed by atoms with Gasteiger partial charge in [0, 0.05) is 56.5 Å². The molecule has 170 valence electrons. The highest BCUT2D eigenvalue weighted by Crippen LogP contribution is 2.42. The minimum atomic E-state index is 0.732. The summed E-state index contributed by atoms with van der Waals surface area (Å²) in [5, 5.41) is 20.5. The Morgan fingerprint density at radius 2 is 0.972 bits per heavy atom. The predicted octanol–water partition coefficient (Wildman–Crippen LogP) is 7.88. The van der Waals surface area contributed by atoms with Crippen LogP contribution in [0, 0.1) is 10.8 Å². The molecule has 0 saturated heterocycles. The van der Waals surface area contributed by atoms with Gasteiger partial charge >= 0.3 is 0 Å². The Balaban J connectivity index is 1.68. The van der Waals surface area contributed by atoms with E-state index in [1.54, 1.807) is 0 Å². The number of nitrogens with one attached hydrogen (secondary N) is 2. The summed E-state index contributed by atoms with van der Waals surface area (Å²) >= 11 is 0. The van der Waals surface area contributed by atoms with Crippen molar-refractivity contribution in [3.05, 3.63) is 120 Å². The van der Waals surface area contributed by atoms with Gasteiger partial charge in [-0.15, -0.1) is 0 Å². The molecule has 0 aliphatic heterocycles. The molecule has 0 saturated carbocycles. The van der Waals surface area contributed by atoms with Crippen molar-refractivity contribution >= 4 is 56.0 Å². The lowest BCUT2D eigenvalue weighted by atomic mass is 10.1. The zero-order valence-electron chi connectivity index (χ0n) is 19.4. The third-order valence-electron chi connectivity index (χ3n) is 7.13. The summed E-state index contributed by atoms with van der Waals surface area (Å²) < 4.78 is 4.63. The molecule has 4 heteroatoms. The molecule has 2 aromatic heterocycles. The van der Waals surface area contributed by atoms with Crippen molar-refractivity contribution in [3.63, 3.8) is 0 Å². The van der Waals surface area contributed by atoms with Gasteiger partial charge in [0.05, 0.1) is 22.1 Å². The molecule has 0 spiro atoms. The quantitative estimate of drug-likeness (QED) is 0.250. The topological polar surface area (TPSA) is 57.6 Å². The van der Waals surface area contributed by atoms with Crippen molar-refractivity contribution in [1.82, 2.24) is 9.13 Å². The summed E-state index contributed by atoms with van der Waals surface area (Å²) in [4.78, 5) is 0. The molecular formula is C32H22N4. The van der Waals surface area contributed by atoms with Crippen LogP contribution >= 0.6 is 0 Å². The van der Waals surface area contributed by atoms with Gasteiger partial charge < -0.3 is 20.0 Å². The molecule has 0 aliphatic rings. The molecule has 2 heterocycles. The van der Waals surface area contributed by atoms with Gasteiger partial charge in [0.2, 0.25) is 0 Å². The van der Waals surface area contributed by atoms with Crippen molar-refractivity contribution in [3.8, 4) is 11.4 Å². The smallest absolute Gasteiger partial charge is 0.0548 e. The van der Waals surface area contributed by atoms with Crippen molar-refractivity contribution in [2.75, 3.05) is 0 Å². The largest absolute Gasteiger partial charge is 0.309 e. The van der Waals surface area contributed by atoms with Crippen LogP contribution < -0.4 is 0 Å². The molecule has 36 heavy (non-hydrogen) atoms. The van der Waals surface area contributed by atoms with Crippen molar-refractivity contribution in [2.24, 2.45) is 0 Å². The van der Waals surface area contributed by atoms with E-state index in [0.717, 1.165) is 33.5 Å². The van der Waals surface area contributed by atoms with Gasteiger partial charge in [0.15, 0.2) is 0 Å². The fourth-order valence-electron chi connectivity index (χ4n) is 5.61. The first-order valence-corrected chi connectivity index (χ1v) is 12.0. The van der Waals surface area contributed by atoms with Crippen LogP contribution in [-0.2, 0) is 0 Å². The number of benzene rings is 5. The average Bonchev–Trinajstić information content (AvgIpc) is 3.46.